The minimum atomic E-state index is -0.575. The first kappa shape index (κ1) is 18.5. The number of hydrogen-bond donors (Lipinski definition) is 0. The molecule has 5 heteroatoms. The molecule has 1 atom stereocenters. The van der Waals surface area contributed by atoms with E-state index in [4.69, 9.17) is 9.47 Å². The Bertz CT molecular complexity index is 723. The Morgan fingerprint density at radius 2 is 2.00 bits per heavy atom. The topological polar surface area (TPSA) is 55.8 Å². The van der Waals surface area contributed by atoms with Crippen LogP contribution < -0.4 is 4.74 Å². The Balaban J connectivity index is 1.75. The fraction of sp³-hybridized carbons (Fsp3) is 0.524. The van der Waals surface area contributed by atoms with Gasteiger partial charge in [-0.2, -0.15) is 0 Å². The molecule has 1 aliphatic carbocycles. The second kappa shape index (κ2) is 7.94. The van der Waals surface area contributed by atoms with Crippen LogP contribution in [0.2, 0.25) is 0 Å². The van der Waals surface area contributed by atoms with Crippen LogP contribution in [0.3, 0.4) is 0 Å². The summed E-state index contributed by atoms with van der Waals surface area (Å²) in [5.41, 5.74) is 2.58. The third-order valence-corrected chi connectivity index (χ3v) is 5.03. The Labute approximate surface area is 155 Å². The van der Waals surface area contributed by atoms with Gasteiger partial charge in [0.25, 0.3) is 5.91 Å². The molecule has 140 valence electrons. The van der Waals surface area contributed by atoms with E-state index in [2.05, 4.69) is 6.07 Å². The van der Waals surface area contributed by atoms with Crippen LogP contribution >= 0.6 is 0 Å². The van der Waals surface area contributed by atoms with E-state index in [1.807, 2.05) is 26.0 Å². The van der Waals surface area contributed by atoms with Crippen molar-refractivity contribution in [2.75, 3.05) is 13.7 Å². The molecule has 0 radical (unpaired) electrons. The zero-order valence-corrected chi connectivity index (χ0v) is 15.8. The average molecular weight is 357 g/mol. The molecule has 0 aromatic heterocycles. The minimum Gasteiger partial charge on any atom is -0.467 e. The second-order valence-electron chi connectivity index (χ2n) is 7.45. The standard InChI is InChI=1S/C21H27NO4/c1-14(2)11-18(21(24)25-3)22-13-16(12-20(22)23)26-19-10-6-8-15-7-4-5-9-17(15)19/h6,8,10,12,14,18H,4-5,7,9,11,13H2,1-3H3/t18-/m0/s1. The lowest BCUT2D eigenvalue weighted by Crippen LogP contribution is -2.44. The normalized spacial score (nSPS) is 17.8. The van der Waals surface area contributed by atoms with E-state index < -0.39 is 6.04 Å². The highest BCUT2D eigenvalue weighted by Gasteiger charge is 2.35. The summed E-state index contributed by atoms with van der Waals surface area (Å²) in [6.07, 6.45) is 6.53. The van der Waals surface area contributed by atoms with Gasteiger partial charge in [-0.15, -0.1) is 0 Å². The van der Waals surface area contributed by atoms with Crippen molar-refractivity contribution in [2.45, 2.75) is 52.0 Å². The quantitative estimate of drug-likeness (QED) is 0.734. The molecule has 5 nitrogen and oxygen atoms in total. The zero-order chi connectivity index (χ0) is 18.7. The van der Waals surface area contributed by atoms with Crippen molar-refractivity contribution in [3.63, 3.8) is 0 Å². The number of aryl methyl sites for hydroxylation is 1. The van der Waals surface area contributed by atoms with Gasteiger partial charge in [0.15, 0.2) is 0 Å². The Hall–Kier alpha value is -2.30. The number of amides is 1. The smallest absolute Gasteiger partial charge is 0.328 e. The van der Waals surface area contributed by atoms with Crippen LogP contribution in [0.25, 0.3) is 0 Å². The molecule has 3 rings (SSSR count). The van der Waals surface area contributed by atoms with E-state index in [0.29, 0.717) is 18.7 Å². The molecule has 1 aliphatic heterocycles. The zero-order valence-electron chi connectivity index (χ0n) is 15.8. The third kappa shape index (κ3) is 3.92. The molecule has 0 spiro atoms. The highest BCUT2D eigenvalue weighted by atomic mass is 16.5. The summed E-state index contributed by atoms with van der Waals surface area (Å²) in [5.74, 6) is 1.13. The van der Waals surface area contributed by atoms with Crippen LogP contribution in [-0.2, 0) is 27.2 Å². The number of methoxy groups -OCH3 is 1. The summed E-state index contributed by atoms with van der Waals surface area (Å²) >= 11 is 0. The number of hydrogen-bond acceptors (Lipinski definition) is 4. The van der Waals surface area contributed by atoms with Crippen LogP contribution in [0.15, 0.2) is 30.0 Å². The van der Waals surface area contributed by atoms with Crippen LogP contribution in [0.4, 0.5) is 0 Å². The van der Waals surface area contributed by atoms with Crippen molar-refractivity contribution in [2.24, 2.45) is 5.92 Å². The van der Waals surface area contributed by atoms with Gasteiger partial charge in [-0.3, -0.25) is 4.79 Å². The minimum absolute atomic E-state index is 0.194. The van der Waals surface area contributed by atoms with Gasteiger partial charge in [0, 0.05) is 6.08 Å². The van der Waals surface area contributed by atoms with Crippen molar-refractivity contribution in [3.8, 4) is 5.75 Å². The Morgan fingerprint density at radius 3 is 2.73 bits per heavy atom. The van der Waals surface area contributed by atoms with Gasteiger partial charge in [-0.05, 0) is 55.2 Å². The van der Waals surface area contributed by atoms with Gasteiger partial charge >= 0.3 is 5.97 Å². The molecule has 1 heterocycles. The first-order valence-corrected chi connectivity index (χ1v) is 9.37. The molecule has 0 bridgehead atoms. The third-order valence-electron chi connectivity index (χ3n) is 5.03. The lowest BCUT2D eigenvalue weighted by atomic mass is 9.91. The number of benzene rings is 1. The molecule has 26 heavy (non-hydrogen) atoms. The maximum absolute atomic E-state index is 12.5. The van der Waals surface area contributed by atoms with Gasteiger partial charge in [0.2, 0.25) is 0 Å². The molecule has 1 amide bonds. The number of fused-ring (bicyclic) bond motifs is 1. The highest BCUT2D eigenvalue weighted by Crippen LogP contribution is 2.32. The van der Waals surface area contributed by atoms with Gasteiger partial charge in [-0.25, -0.2) is 4.79 Å². The van der Waals surface area contributed by atoms with E-state index in [0.717, 1.165) is 25.0 Å². The van der Waals surface area contributed by atoms with Crippen LogP contribution in [0.5, 0.6) is 5.75 Å². The lowest BCUT2D eigenvalue weighted by Gasteiger charge is -2.27. The maximum atomic E-state index is 12.5. The largest absolute Gasteiger partial charge is 0.467 e. The first-order valence-electron chi connectivity index (χ1n) is 9.37. The van der Waals surface area contributed by atoms with Gasteiger partial charge in [-0.1, -0.05) is 26.0 Å². The summed E-state index contributed by atoms with van der Waals surface area (Å²) in [6.45, 7) is 4.35. The second-order valence-corrected chi connectivity index (χ2v) is 7.45. The van der Waals surface area contributed by atoms with E-state index in [1.165, 1.54) is 30.7 Å². The first-order chi connectivity index (χ1) is 12.5. The van der Waals surface area contributed by atoms with Crippen molar-refractivity contribution in [1.29, 1.82) is 0 Å². The fourth-order valence-corrected chi connectivity index (χ4v) is 3.75. The Morgan fingerprint density at radius 1 is 1.23 bits per heavy atom. The molecular formula is C21H27NO4. The molecule has 0 N–H and O–H groups in total. The number of esters is 1. The van der Waals surface area contributed by atoms with Crippen LogP contribution in [-0.4, -0.2) is 36.5 Å². The van der Waals surface area contributed by atoms with E-state index >= 15 is 0 Å². The van der Waals surface area contributed by atoms with Crippen molar-refractivity contribution < 1.29 is 19.1 Å². The number of ether oxygens (including phenoxy) is 2. The predicted octanol–water partition coefficient (Wildman–Crippen LogP) is 3.26. The highest BCUT2D eigenvalue weighted by molar-refractivity contribution is 5.94. The molecule has 0 fully saturated rings. The number of rotatable bonds is 6. The van der Waals surface area contributed by atoms with Crippen molar-refractivity contribution in [3.05, 3.63) is 41.2 Å². The number of carbonyl (C=O) groups excluding carboxylic acids is 2. The average Bonchev–Trinajstić information content (AvgIpc) is 2.99. The van der Waals surface area contributed by atoms with Crippen LogP contribution in [0, 0.1) is 5.92 Å². The summed E-state index contributed by atoms with van der Waals surface area (Å²) in [4.78, 5) is 26.2. The van der Waals surface area contributed by atoms with E-state index in [-0.39, 0.29) is 17.8 Å². The van der Waals surface area contributed by atoms with Gasteiger partial charge < -0.3 is 14.4 Å². The molecule has 0 saturated heterocycles. The molecule has 0 unspecified atom stereocenters. The van der Waals surface area contributed by atoms with E-state index in [9.17, 15) is 9.59 Å². The summed E-state index contributed by atoms with van der Waals surface area (Å²) in [5, 5.41) is 0. The number of carbonyl (C=O) groups is 2. The Kier molecular flexibility index (Phi) is 5.64. The van der Waals surface area contributed by atoms with Crippen molar-refractivity contribution >= 4 is 11.9 Å². The maximum Gasteiger partial charge on any atom is 0.328 e. The monoisotopic (exact) mass is 357 g/mol. The van der Waals surface area contributed by atoms with Crippen molar-refractivity contribution in [1.82, 2.24) is 4.90 Å². The summed E-state index contributed by atoms with van der Waals surface area (Å²) in [7, 11) is 1.36. The molecule has 2 aliphatic rings. The molecule has 1 aromatic rings. The summed E-state index contributed by atoms with van der Waals surface area (Å²) in [6, 6.07) is 5.54. The van der Waals surface area contributed by atoms with E-state index in [1.54, 1.807) is 4.90 Å². The SMILES string of the molecule is COC(=O)[C@H](CC(C)C)N1CC(Oc2cccc3c2CCCC3)=CC1=O. The summed E-state index contributed by atoms with van der Waals surface area (Å²) < 4.78 is 11.0. The lowest BCUT2D eigenvalue weighted by molar-refractivity contribution is -0.151. The molecular weight excluding hydrogens is 330 g/mol. The number of nitrogens with zero attached hydrogens (tertiary/aromatic N) is 1. The van der Waals surface area contributed by atoms with Gasteiger partial charge in [0.05, 0.1) is 13.7 Å². The van der Waals surface area contributed by atoms with Gasteiger partial charge in [0.1, 0.15) is 17.6 Å². The fourth-order valence-electron chi connectivity index (χ4n) is 3.75. The molecule has 0 saturated carbocycles. The predicted molar refractivity (Wildman–Crippen MR) is 98.8 cm³/mol. The molecule has 1 aromatic carbocycles. The van der Waals surface area contributed by atoms with Crippen LogP contribution in [0.1, 0.15) is 44.2 Å².